The van der Waals surface area contributed by atoms with Crippen molar-refractivity contribution in [2.75, 3.05) is 40.3 Å². The Kier molecular flexibility index (Phi) is 5.13. The summed E-state index contributed by atoms with van der Waals surface area (Å²) in [7, 11) is 6.34. The topological polar surface area (TPSA) is 74.7 Å². The first-order valence-electron chi connectivity index (χ1n) is 6.40. The summed E-state index contributed by atoms with van der Waals surface area (Å²) >= 11 is 0. The van der Waals surface area contributed by atoms with Gasteiger partial charge in [0.05, 0.1) is 20.8 Å². The molecule has 0 aliphatic heterocycles. The van der Waals surface area contributed by atoms with Gasteiger partial charge in [0.25, 0.3) is 0 Å². The van der Waals surface area contributed by atoms with Crippen LogP contribution in [-0.4, -0.2) is 51.2 Å². The number of benzene rings is 1. The van der Waals surface area contributed by atoms with Crippen LogP contribution in [0.2, 0.25) is 0 Å². The zero-order chi connectivity index (χ0) is 15.2. The molecule has 0 bridgehead atoms. The lowest BCUT2D eigenvalue weighted by Gasteiger charge is -2.16. The van der Waals surface area contributed by atoms with E-state index in [0.29, 0.717) is 29.4 Å². The molecule has 0 aliphatic carbocycles. The van der Waals surface area contributed by atoms with Gasteiger partial charge in [-0.2, -0.15) is 0 Å². The van der Waals surface area contributed by atoms with E-state index < -0.39 is 0 Å². The molecule has 0 saturated heterocycles. The number of rotatable bonds is 7. The molecule has 1 aromatic carbocycles. The Labute approximate surface area is 123 Å². The van der Waals surface area contributed by atoms with Gasteiger partial charge in [-0.15, -0.1) is 0 Å². The molecule has 7 heteroatoms. The second-order valence-electron chi connectivity index (χ2n) is 4.20. The Morgan fingerprint density at radius 3 is 2.43 bits per heavy atom. The molecule has 0 amide bonds. The minimum Gasteiger partial charge on any atom is -0.493 e. The Bertz CT molecular complexity index is 602. The lowest BCUT2D eigenvalue weighted by molar-refractivity contribution is -0.0914. The van der Waals surface area contributed by atoms with Crippen molar-refractivity contribution in [1.29, 1.82) is 0 Å². The number of aromatic nitrogens is 2. The number of methoxy groups -OCH3 is 4. The maximum absolute atomic E-state index is 5.38. The quantitative estimate of drug-likeness (QED) is 0.778. The zero-order valence-corrected chi connectivity index (χ0v) is 12.5. The predicted octanol–water partition coefficient (Wildman–Crippen LogP) is 1.68. The lowest BCUT2D eigenvalue weighted by Crippen LogP contribution is -2.24. The maximum atomic E-state index is 5.38. The van der Waals surface area contributed by atoms with Gasteiger partial charge in [-0.3, -0.25) is 0 Å². The fourth-order valence-electron chi connectivity index (χ4n) is 2.03. The molecule has 2 rings (SSSR count). The van der Waals surface area contributed by atoms with Crippen molar-refractivity contribution in [2.24, 2.45) is 0 Å². The molecule has 0 radical (unpaired) electrons. The fourth-order valence-corrected chi connectivity index (χ4v) is 2.03. The van der Waals surface area contributed by atoms with Crippen LogP contribution in [0.4, 0.5) is 5.82 Å². The Hall–Kier alpha value is -2.12. The standard InChI is InChI=1S/C14H19N3O4/c1-18-10-6-5-9-12(13(10)21-4)16-8-17-14(9)15-7-11(19-2)20-3/h5-6,8,11H,7H2,1-4H3,(H,15,16,17). The van der Waals surface area contributed by atoms with Crippen molar-refractivity contribution in [3.63, 3.8) is 0 Å². The van der Waals surface area contributed by atoms with Gasteiger partial charge in [-0.1, -0.05) is 0 Å². The molecule has 0 spiro atoms. The number of fused-ring (bicyclic) bond motifs is 1. The summed E-state index contributed by atoms with van der Waals surface area (Å²) in [4.78, 5) is 8.52. The number of nitrogens with zero attached hydrogens (tertiary/aromatic N) is 2. The van der Waals surface area contributed by atoms with E-state index >= 15 is 0 Å². The van der Waals surface area contributed by atoms with E-state index in [-0.39, 0.29) is 6.29 Å². The molecule has 0 aliphatic rings. The van der Waals surface area contributed by atoms with Crippen LogP contribution < -0.4 is 14.8 Å². The number of hydrogen-bond donors (Lipinski definition) is 1. The maximum Gasteiger partial charge on any atom is 0.187 e. The van der Waals surface area contributed by atoms with Crippen LogP contribution in [0.3, 0.4) is 0 Å². The van der Waals surface area contributed by atoms with E-state index in [2.05, 4.69) is 15.3 Å². The molecule has 0 unspecified atom stereocenters. The normalized spacial score (nSPS) is 10.9. The number of hydrogen-bond acceptors (Lipinski definition) is 7. The Morgan fingerprint density at radius 2 is 1.81 bits per heavy atom. The van der Waals surface area contributed by atoms with Crippen molar-refractivity contribution in [1.82, 2.24) is 9.97 Å². The molecular weight excluding hydrogens is 274 g/mol. The predicted molar refractivity (Wildman–Crippen MR) is 78.9 cm³/mol. The molecule has 0 fully saturated rings. The summed E-state index contributed by atoms with van der Waals surface area (Å²) in [5, 5.41) is 4.02. The van der Waals surface area contributed by atoms with E-state index in [4.69, 9.17) is 18.9 Å². The number of ether oxygens (including phenoxy) is 4. The first-order valence-corrected chi connectivity index (χ1v) is 6.40. The average Bonchev–Trinajstić information content (AvgIpc) is 2.54. The highest BCUT2D eigenvalue weighted by atomic mass is 16.7. The second-order valence-corrected chi connectivity index (χ2v) is 4.20. The van der Waals surface area contributed by atoms with Crippen LogP contribution in [0.5, 0.6) is 11.5 Å². The summed E-state index contributed by atoms with van der Waals surface area (Å²) in [6.45, 7) is 0.466. The van der Waals surface area contributed by atoms with Crippen LogP contribution >= 0.6 is 0 Å². The minimum atomic E-state index is -0.352. The van der Waals surface area contributed by atoms with Crippen molar-refractivity contribution in [3.8, 4) is 11.5 Å². The van der Waals surface area contributed by atoms with Crippen LogP contribution in [0.25, 0.3) is 10.9 Å². The van der Waals surface area contributed by atoms with Crippen LogP contribution in [-0.2, 0) is 9.47 Å². The third-order valence-electron chi connectivity index (χ3n) is 3.11. The molecule has 0 atom stereocenters. The first-order chi connectivity index (χ1) is 10.2. The summed E-state index contributed by atoms with van der Waals surface area (Å²) in [6, 6.07) is 3.70. The van der Waals surface area contributed by atoms with Crippen molar-refractivity contribution >= 4 is 16.7 Å². The van der Waals surface area contributed by atoms with Crippen molar-refractivity contribution in [3.05, 3.63) is 18.5 Å². The molecule has 1 aromatic heterocycles. The highest BCUT2D eigenvalue weighted by Gasteiger charge is 2.14. The molecule has 1 N–H and O–H groups in total. The molecular formula is C14H19N3O4. The Balaban J connectivity index is 2.37. The van der Waals surface area contributed by atoms with Gasteiger partial charge >= 0.3 is 0 Å². The highest BCUT2D eigenvalue weighted by molar-refractivity contribution is 5.94. The van der Waals surface area contributed by atoms with Gasteiger partial charge < -0.3 is 24.3 Å². The fraction of sp³-hybridized carbons (Fsp3) is 0.429. The number of anilines is 1. The monoisotopic (exact) mass is 293 g/mol. The van der Waals surface area contributed by atoms with Crippen LogP contribution in [0.15, 0.2) is 18.5 Å². The van der Waals surface area contributed by atoms with Gasteiger partial charge in [0, 0.05) is 19.6 Å². The van der Waals surface area contributed by atoms with E-state index in [1.807, 2.05) is 12.1 Å². The van der Waals surface area contributed by atoms with E-state index in [1.165, 1.54) is 6.33 Å². The molecule has 7 nitrogen and oxygen atoms in total. The van der Waals surface area contributed by atoms with Gasteiger partial charge in [0.1, 0.15) is 17.7 Å². The summed E-state index contributed by atoms with van der Waals surface area (Å²) in [5.74, 6) is 1.89. The summed E-state index contributed by atoms with van der Waals surface area (Å²) in [6.07, 6.45) is 1.12. The average molecular weight is 293 g/mol. The van der Waals surface area contributed by atoms with Crippen molar-refractivity contribution < 1.29 is 18.9 Å². The highest BCUT2D eigenvalue weighted by Crippen LogP contribution is 2.35. The zero-order valence-electron chi connectivity index (χ0n) is 12.5. The van der Waals surface area contributed by atoms with Gasteiger partial charge in [-0.25, -0.2) is 9.97 Å². The van der Waals surface area contributed by atoms with Crippen LogP contribution in [0, 0.1) is 0 Å². The SMILES string of the molecule is COc1ccc2c(NCC(OC)OC)ncnc2c1OC. The minimum absolute atomic E-state index is 0.352. The smallest absolute Gasteiger partial charge is 0.187 e. The third-order valence-corrected chi connectivity index (χ3v) is 3.11. The molecule has 114 valence electrons. The molecule has 0 saturated carbocycles. The van der Waals surface area contributed by atoms with Gasteiger partial charge in [0.2, 0.25) is 0 Å². The largest absolute Gasteiger partial charge is 0.493 e. The van der Waals surface area contributed by atoms with Crippen LogP contribution in [0.1, 0.15) is 0 Å². The third kappa shape index (κ3) is 3.14. The second kappa shape index (κ2) is 7.05. The number of nitrogens with one attached hydrogen (secondary N) is 1. The summed E-state index contributed by atoms with van der Waals surface area (Å²) in [5.41, 5.74) is 0.681. The summed E-state index contributed by atoms with van der Waals surface area (Å²) < 4.78 is 20.9. The van der Waals surface area contributed by atoms with Gasteiger partial charge in [0.15, 0.2) is 17.8 Å². The molecule has 2 aromatic rings. The van der Waals surface area contributed by atoms with E-state index in [9.17, 15) is 0 Å². The van der Waals surface area contributed by atoms with E-state index in [1.54, 1.807) is 28.4 Å². The molecule has 1 heterocycles. The van der Waals surface area contributed by atoms with Crippen molar-refractivity contribution in [2.45, 2.75) is 6.29 Å². The molecule has 21 heavy (non-hydrogen) atoms. The van der Waals surface area contributed by atoms with Gasteiger partial charge in [-0.05, 0) is 12.1 Å². The van der Waals surface area contributed by atoms with E-state index in [0.717, 1.165) is 5.39 Å². The lowest BCUT2D eigenvalue weighted by atomic mass is 10.2. The Morgan fingerprint density at radius 1 is 1.05 bits per heavy atom. The first kappa shape index (κ1) is 15.3.